The Balaban J connectivity index is 1.48. The van der Waals surface area contributed by atoms with E-state index in [-0.39, 0.29) is 93.7 Å². The number of nitrogens with two attached hydrogens (primary N) is 1. The molecule has 0 bridgehead atoms. The fourth-order valence-electron chi connectivity index (χ4n) is 13.4. The van der Waals surface area contributed by atoms with Crippen LogP contribution in [0.2, 0.25) is 0 Å². The number of likely N-dealkylation sites (tertiary alicyclic amines) is 2. The lowest BCUT2D eigenvalue weighted by atomic mass is 9.99. The number of thiol groups is 2. The number of aliphatic carboxylic acids is 1. The number of hydrogen-bond acceptors (Lipinski definition) is 23. The Bertz CT molecular complexity index is 3730. The highest BCUT2D eigenvalue weighted by molar-refractivity contribution is 7.80. The number of imidazole rings is 1. The molecule has 0 spiro atoms. The van der Waals surface area contributed by atoms with E-state index in [1.165, 1.54) is 17.4 Å². The van der Waals surface area contributed by atoms with Crippen LogP contribution in [-0.4, -0.2) is 276 Å². The number of nitrogens with zero attached hydrogens (tertiary/aromatic N) is 3. The lowest BCUT2D eigenvalue weighted by molar-refractivity contribution is -0.144. The second kappa shape index (κ2) is 49.1. The Labute approximate surface area is 699 Å². The molecule has 38 nitrogen and oxygen atoms in total. The predicted octanol–water partition coefficient (Wildman–Crippen LogP) is -3.51. The summed E-state index contributed by atoms with van der Waals surface area (Å²) in [5.74, 6) is -17.7. The molecule has 2 aliphatic heterocycles. The molecule has 4 rings (SSSR count). The zero-order valence-electron chi connectivity index (χ0n) is 69.8. The molecule has 1 aromatic carbocycles. The van der Waals surface area contributed by atoms with Gasteiger partial charge in [-0.2, -0.15) is 25.3 Å². The van der Waals surface area contributed by atoms with Crippen LogP contribution in [0, 0.1) is 41.4 Å². The lowest BCUT2D eigenvalue weighted by Gasteiger charge is -2.32. The van der Waals surface area contributed by atoms with Gasteiger partial charge < -0.3 is 110 Å². The van der Waals surface area contributed by atoms with Crippen molar-refractivity contribution in [1.29, 1.82) is 0 Å². The smallest absolute Gasteiger partial charge is 0.326 e. The van der Waals surface area contributed by atoms with Crippen molar-refractivity contribution in [3.8, 4) is 0 Å². The number of carbonyl (C=O) groups is 16. The molecule has 1 aromatic heterocycles. The van der Waals surface area contributed by atoms with Gasteiger partial charge in [-0.15, -0.1) is 0 Å². The van der Waals surface area contributed by atoms with Gasteiger partial charge in [0, 0.05) is 49.3 Å². The largest absolute Gasteiger partial charge is 0.480 e. The van der Waals surface area contributed by atoms with Crippen LogP contribution in [0.1, 0.15) is 153 Å². The van der Waals surface area contributed by atoms with E-state index in [0.717, 1.165) is 4.90 Å². The first-order chi connectivity index (χ1) is 55.5. The van der Waals surface area contributed by atoms with Crippen molar-refractivity contribution in [2.24, 2.45) is 47.2 Å². The number of amides is 15. The van der Waals surface area contributed by atoms with Gasteiger partial charge in [0.1, 0.15) is 90.6 Å². The Morgan fingerprint density at radius 2 is 0.763 bits per heavy atom. The fourth-order valence-corrected chi connectivity index (χ4v) is 13.8. The van der Waals surface area contributed by atoms with Gasteiger partial charge in [0.2, 0.25) is 88.6 Å². The third-order valence-corrected chi connectivity index (χ3v) is 20.7. The standard InChI is InChI=1S/C78H126N18O20S2/c1-38(2)26-48(83-68(105)53(32-97)88-74(111)61(43(11)12)93-72(109)58-23-19-24-95(58)76(113)52(28-40(5)6)86-63(100)47(79)35-117)64(101)84-51(30-46-31-80-37-81-46)67(104)91-60(42(9)10)75(112)89-55(34-99)77(114)96-25-18-22-57(96)71(108)90-56(36-118)70(107)92-59(41(7)8)73(110)85-50(29-45-20-16-15-17-21-45)66(103)82-49(27-39(3)4)65(102)87-54(33-98)69(106)94-62(44(13)14)78(115)116/h15-17,20-21,31,37-44,47-62,97-99,117-118H,18-19,22-30,32-36,79H2,1-14H3,(H,80,81)(H,82,103)(H,83,105)(H,84,101)(H,85,110)(H,86,100)(H,87,102)(H,88,111)(H,89,112)(H,90,108)(H,91,104)(H,92,107)(H,93,109)(H,94,106)(H,115,116)/t47-,48-,49-,50-,51-,52-,53-,54-,55-,56-,57-,58-,59-,60-,61-,62-/m0/s1. The topological polar surface area (TPSA) is 572 Å². The molecular weight excluding hydrogens is 1570 g/mol. The fraction of sp³-hybridized carbons (Fsp3) is 0.679. The summed E-state index contributed by atoms with van der Waals surface area (Å²) in [6, 6.07) is -13.6. The minimum absolute atomic E-state index is 0.00314. The molecule has 40 heteroatoms. The average Bonchev–Trinajstić information content (AvgIpc) is 1.65. The molecule has 2 fully saturated rings. The number of H-pyrrole nitrogens is 1. The zero-order chi connectivity index (χ0) is 88.7. The van der Waals surface area contributed by atoms with Crippen LogP contribution in [-0.2, 0) is 89.6 Å². The van der Waals surface area contributed by atoms with Crippen molar-refractivity contribution in [3.05, 3.63) is 54.1 Å². The number of aromatic amines is 1. The van der Waals surface area contributed by atoms with Gasteiger partial charge in [-0.05, 0) is 91.9 Å². The molecule has 0 saturated carbocycles. The molecule has 0 aliphatic carbocycles. The van der Waals surface area contributed by atoms with Gasteiger partial charge in [-0.3, -0.25) is 71.9 Å². The van der Waals surface area contributed by atoms with Crippen molar-refractivity contribution in [3.63, 3.8) is 0 Å². The monoisotopic (exact) mass is 1700 g/mol. The SMILES string of the molecule is CC(C)C[C@H](NC(=O)[C@H](Cc1ccccc1)NC(=O)[C@@H](NC(=O)[C@H](CS)NC(=O)[C@@H]1CCCN1C(=O)[C@H](CO)NC(=O)[C@@H](NC(=O)[C@H](Cc1cnc[nH]1)NC(=O)[C@H](CC(C)C)NC(=O)[C@H](CO)NC(=O)[C@@H](NC(=O)[C@@H]1CCCN1C(=O)[C@H](CC(C)C)NC(=O)[C@@H](N)CS)C(C)C)C(C)C)C(C)C)C(=O)N[C@@H](CO)C(=O)N[C@H](C(=O)O)C(C)C. The van der Waals surface area contributed by atoms with Gasteiger partial charge in [-0.25, -0.2) is 9.78 Å². The maximum absolute atomic E-state index is 14.6. The summed E-state index contributed by atoms with van der Waals surface area (Å²) in [6.45, 7) is 20.6. The van der Waals surface area contributed by atoms with Crippen LogP contribution < -0.4 is 74.9 Å². The van der Waals surface area contributed by atoms with E-state index in [9.17, 15) is 97.1 Å². The van der Waals surface area contributed by atoms with Crippen LogP contribution in [0.5, 0.6) is 0 Å². The quantitative estimate of drug-likeness (QED) is 0.0286. The molecule has 20 N–H and O–H groups in total. The first-order valence-corrected chi connectivity index (χ1v) is 41.4. The Morgan fingerprint density at radius 1 is 0.415 bits per heavy atom. The number of rotatable bonds is 48. The average molecular weight is 1700 g/mol. The Morgan fingerprint density at radius 3 is 1.19 bits per heavy atom. The van der Waals surface area contributed by atoms with Gasteiger partial charge in [0.15, 0.2) is 0 Å². The molecule has 0 unspecified atom stereocenters. The van der Waals surface area contributed by atoms with E-state index < -0.39 is 235 Å². The van der Waals surface area contributed by atoms with Gasteiger partial charge in [0.05, 0.1) is 32.2 Å². The normalized spacial score (nSPS) is 17.7. The molecule has 3 heterocycles. The molecule has 15 amide bonds. The predicted molar refractivity (Wildman–Crippen MR) is 439 cm³/mol. The summed E-state index contributed by atoms with van der Waals surface area (Å²) in [4.78, 5) is 232. The highest BCUT2D eigenvalue weighted by Crippen LogP contribution is 2.24. The third kappa shape index (κ3) is 31.0. The number of hydrogen-bond donors (Lipinski definition) is 21. The van der Waals surface area contributed by atoms with E-state index in [4.69, 9.17) is 5.73 Å². The van der Waals surface area contributed by atoms with Crippen LogP contribution in [0.15, 0.2) is 42.9 Å². The second-order valence-electron chi connectivity index (χ2n) is 32.6. The molecule has 16 atom stereocenters. The van der Waals surface area contributed by atoms with Crippen molar-refractivity contribution < 1.29 is 97.1 Å². The number of nitrogens with one attached hydrogen (secondary N) is 14. The molecular formula is C78H126N18O20S2. The summed E-state index contributed by atoms with van der Waals surface area (Å²) in [5, 5.41) is 74.6. The number of aliphatic hydroxyl groups is 3. The van der Waals surface area contributed by atoms with E-state index in [1.54, 1.807) is 113 Å². The van der Waals surface area contributed by atoms with Gasteiger partial charge in [-0.1, -0.05) is 127 Å². The summed E-state index contributed by atoms with van der Waals surface area (Å²) < 4.78 is 0. The van der Waals surface area contributed by atoms with Crippen LogP contribution >= 0.6 is 25.3 Å². The molecule has 660 valence electrons. The molecule has 2 aromatic rings. The van der Waals surface area contributed by atoms with Crippen molar-refractivity contribution >= 4 is 120 Å². The van der Waals surface area contributed by atoms with Crippen molar-refractivity contribution in [2.45, 2.75) is 251 Å². The van der Waals surface area contributed by atoms with Crippen molar-refractivity contribution in [1.82, 2.24) is 88.9 Å². The maximum Gasteiger partial charge on any atom is 0.326 e. The van der Waals surface area contributed by atoms with E-state index in [0.29, 0.717) is 17.7 Å². The summed E-state index contributed by atoms with van der Waals surface area (Å²) in [7, 11) is 0. The first-order valence-electron chi connectivity index (χ1n) is 40.1. The van der Waals surface area contributed by atoms with E-state index >= 15 is 0 Å². The summed E-state index contributed by atoms with van der Waals surface area (Å²) in [5.41, 5.74) is 6.80. The number of carboxylic acid groups (broad SMARTS) is 1. The highest BCUT2D eigenvalue weighted by atomic mass is 32.1. The number of aliphatic hydroxyl groups excluding tert-OH is 3. The molecule has 0 radical (unpaired) electrons. The van der Waals surface area contributed by atoms with Gasteiger partial charge >= 0.3 is 5.97 Å². The minimum atomic E-state index is -1.72. The molecule has 2 aliphatic rings. The number of aromatic nitrogens is 2. The third-order valence-electron chi connectivity index (χ3n) is 20.0. The van der Waals surface area contributed by atoms with E-state index in [1.807, 2.05) is 13.8 Å². The van der Waals surface area contributed by atoms with Crippen LogP contribution in [0.25, 0.3) is 0 Å². The number of carboxylic acids is 1. The van der Waals surface area contributed by atoms with Crippen molar-refractivity contribution in [2.75, 3.05) is 44.4 Å². The zero-order valence-corrected chi connectivity index (χ0v) is 71.6. The summed E-state index contributed by atoms with van der Waals surface area (Å²) in [6.07, 6.45) is 3.44. The number of benzene rings is 1. The van der Waals surface area contributed by atoms with Gasteiger partial charge in [0.25, 0.3) is 0 Å². The maximum atomic E-state index is 14.6. The Kier molecular flexibility index (Phi) is 42.0. The van der Waals surface area contributed by atoms with Crippen LogP contribution in [0.4, 0.5) is 0 Å². The van der Waals surface area contributed by atoms with Crippen LogP contribution in [0.3, 0.4) is 0 Å². The molecule has 118 heavy (non-hydrogen) atoms. The number of carbonyl (C=O) groups excluding carboxylic acids is 15. The highest BCUT2D eigenvalue weighted by Gasteiger charge is 2.44. The summed E-state index contributed by atoms with van der Waals surface area (Å²) >= 11 is 8.43. The lowest BCUT2D eigenvalue weighted by Crippen LogP contribution is -2.62. The van der Waals surface area contributed by atoms with E-state index in [2.05, 4.69) is 104 Å². The Hall–Kier alpha value is -9.51. The second-order valence-corrected chi connectivity index (χ2v) is 33.3. The first kappa shape index (κ1) is 101. The minimum Gasteiger partial charge on any atom is -0.480 e. The molecule has 2 saturated heterocycles.